The largest absolute Gasteiger partial charge is 0.475 e. The Morgan fingerprint density at radius 3 is 2.06 bits per heavy atom. The monoisotopic (exact) mass is 492 g/mol. The van der Waals surface area contributed by atoms with Gasteiger partial charge in [-0.15, -0.1) is 0 Å². The molecule has 0 spiro atoms. The fourth-order valence-electron chi connectivity index (χ4n) is 3.96. The van der Waals surface area contributed by atoms with E-state index in [-0.39, 0.29) is 25.7 Å². The van der Waals surface area contributed by atoms with Crippen molar-refractivity contribution in [2.75, 3.05) is 19.8 Å². The molecule has 2 fully saturated rings. The minimum absolute atomic E-state index is 0.0963. The van der Waals surface area contributed by atoms with Gasteiger partial charge in [-0.3, -0.25) is 13.6 Å². The van der Waals surface area contributed by atoms with E-state index in [1.54, 1.807) is 6.92 Å². The Morgan fingerprint density at radius 1 is 0.939 bits per heavy atom. The third-order valence-corrected chi connectivity index (χ3v) is 7.60. The molecule has 192 valence electrons. The molecule has 0 aromatic heterocycles. The van der Waals surface area contributed by atoms with Gasteiger partial charge in [-0.05, 0) is 45.4 Å². The minimum atomic E-state index is -3.80. The number of carbonyl (C=O) groups excluding carboxylic acids is 1. The number of hydrogen-bond acceptors (Lipinski definition) is 9. The van der Waals surface area contributed by atoms with E-state index in [4.69, 9.17) is 23.0 Å². The molecule has 2 aliphatic rings. The van der Waals surface area contributed by atoms with Gasteiger partial charge >= 0.3 is 13.8 Å². The van der Waals surface area contributed by atoms with Gasteiger partial charge in [0, 0.05) is 11.5 Å². The van der Waals surface area contributed by atoms with E-state index in [0.29, 0.717) is 31.3 Å². The lowest BCUT2D eigenvalue weighted by Gasteiger charge is -2.27. The molecule has 2 aliphatic carbocycles. The average Bonchev–Trinajstić information content (AvgIpc) is 3.29. The van der Waals surface area contributed by atoms with E-state index in [9.17, 15) is 19.6 Å². The number of phosphoric ester groups is 1. The smallest absolute Gasteiger partial charge is 0.462 e. The van der Waals surface area contributed by atoms with Crippen LogP contribution in [0.3, 0.4) is 0 Å². The number of hydrogen-bond donors (Lipinski definition) is 2. The zero-order chi connectivity index (χ0) is 24.4. The Bertz CT molecular complexity index is 656. The fourth-order valence-corrected chi connectivity index (χ4v) is 5.43. The van der Waals surface area contributed by atoms with Crippen molar-refractivity contribution in [3.8, 4) is 0 Å². The van der Waals surface area contributed by atoms with Crippen molar-refractivity contribution in [1.82, 2.24) is 0 Å². The second kappa shape index (κ2) is 13.9. The van der Waals surface area contributed by atoms with Crippen molar-refractivity contribution in [1.29, 1.82) is 0 Å². The third-order valence-electron chi connectivity index (χ3n) is 6.07. The van der Waals surface area contributed by atoms with Crippen molar-refractivity contribution >= 4 is 13.8 Å². The van der Waals surface area contributed by atoms with Gasteiger partial charge in [-0.2, -0.15) is 0 Å². The number of esters is 1. The van der Waals surface area contributed by atoms with Crippen LogP contribution in [0.2, 0.25) is 0 Å². The Kier molecular flexibility index (Phi) is 12.0. The summed E-state index contributed by atoms with van der Waals surface area (Å²) in [6.07, 6.45) is 1.77. The lowest BCUT2D eigenvalue weighted by Crippen LogP contribution is -2.38. The van der Waals surface area contributed by atoms with Crippen LogP contribution in [-0.4, -0.2) is 66.5 Å². The summed E-state index contributed by atoms with van der Waals surface area (Å²) in [5.74, 6) is -0.715. The van der Waals surface area contributed by atoms with Crippen LogP contribution in [0.5, 0.6) is 0 Å². The Labute approximate surface area is 197 Å². The van der Waals surface area contributed by atoms with Crippen molar-refractivity contribution in [2.45, 2.75) is 103 Å². The lowest BCUT2D eigenvalue weighted by atomic mass is 10.1. The highest BCUT2D eigenvalue weighted by Gasteiger charge is 2.45. The van der Waals surface area contributed by atoms with Crippen LogP contribution in [0.1, 0.15) is 72.1 Å². The van der Waals surface area contributed by atoms with Crippen molar-refractivity contribution in [3.05, 3.63) is 12.2 Å². The van der Waals surface area contributed by atoms with Crippen LogP contribution < -0.4 is 0 Å². The Balaban J connectivity index is 1.87. The summed E-state index contributed by atoms with van der Waals surface area (Å²) in [7, 11) is -3.80. The summed E-state index contributed by atoms with van der Waals surface area (Å²) >= 11 is 0. The van der Waals surface area contributed by atoms with Crippen LogP contribution in [0.25, 0.3) is 0 Å². The third kappa shape index (κ3) is 8.73. The zero-order valence-electron chi connectivity index (χ0n) is 20.1. The first kappa shape index (κ1) is 28.4. The van der Waals surface area contributed by atoms with Gasteiger partial charge in [0.1, 0.15) is 6.10 Å². The molecule has 0 heterocycles. The highest BCUT2D eigenvalue weighted by molar-refractivity contribution is 7.48. The van der Waals surface area contributed by atoms with Crippen LogP contribution >= 0.6 is 7.82 Å². The first-order valence-electron chi connectivity index (χ1n) is 12.1. The summed E-state index contributed by atoms with van der Waals surface area (Å²) in [4.78, 5) is 11.6. The number of phosphoric acid groups is 1. The molecule has 0 aromatic rings. The van der Waals surface area contributed by atoms with Crippen LogP contribution in [0.4, 0.5) is 0 Å². The molecule has 0 aromatic carbocycles. The number of aliphatic hydroxyl groups excluding tert-OH is 2. The van der Waals surface area contributed by atoms with Gasteiger partial charge in [0.25, 0.3) is 0 Å². The summed E-state index contributed by atoms with van der Waals surface area (Å²) in [5, 5.41) is 21.4. The molecule has 2 rings (SSSR count). The van der Waals surface area contributed by atoms with Crippen LogP contribution in [0, 0.1) is 5.92 Å². The number of carbonyl (C=O) groups is 1. The van der Waals surface area contributed by atoms with Crippen LogP contribution in [0.15, 0.2) is 12.2 Å². The molecular formula is C23H41O9P. The number of unbranched alkanes of at least 4 members (excludes halogenated alkanes) is 2. The first-order chi connectivity index (χ1) is 15.7. The van der Waals surface area contributed by atoms with Crippen molar-refractivity contribution in [2.24, 2.45) is 5.92 Å². The van der Waals surface area contributed by atoms with Gasteiger partial charge in [0.05, 0.1) is 44.2 Å². The predicted molar refractivity (Wildman–Crippen MR) is 123 cm³/mol. The molecule has 6 atom stereocenters. The van der Waals surface area contributed by atoms with E-state index in [2.05, 4.69) is 6.58 Å². The maximum absolute atomic E-state index is 13.1. The Morgan fingerprint density at radius 2 is 1.48 bits per heavy atom. The molecule has 2 N–H and O–H groups in total. The van der Waals surface area contributed by atoms with E-state index in [0.717, 1.165) is 25.7 Å². The summed E-state index contributed by atoms with van der Waals surface area (Å²) in [5.41, 5.74) is 0.310. The normalized spacial score (nSPS) is 30.0. The average molecular weight is 493 g/mol. The maximum atomic E-state index is 13.1. The van der Waals surface area contributed by atoms with Crippen molar-refractivity contribution < 1.29 is 42.6 Å². The molecule has 9 nitrogen and oxygen atoms in total. The molecule has 10 heteroatoms. The van der Waals surface area contributed by atoms with E-state index in [1.807, 2.05) is 13.8 Å². The van der Waals surface area contributed by atoms with Crippen LogP contribution in [-0.2, 0) is 32.4 Å². The highest BCUT2D eigenvalue weighted by Crippen LogP contribution is 2.53. The molecule has 0 saturated heterocycles. The lowest BCUT2D eigenvalue weighted by molar-refractivity contribution is -0.143. The topological polar surface area (TPSA) is 121 Å². The second-order valence-electron chi connectivity index (χ2n) is 8.95. The molecule has 6 unspecified atom stereocenters. The summed E-state index contributed by atoms with van der Waals surface area (Å²) < 4.78 is 40.9. The number of aliphatic hydroxyl groups is 2. The number of ether oxygens (including phenoxy) is 2. The molecular weight excluding hydrogens is 451 g/mol. The zero-order valence-corrected chi connectivity index (χ0v) is 21.0. The predicted octanol–water partition coefficient (Wildman–Crippen LogP) is 3.91. The van der Waals surface area contributed by atoms with Gasteiger partial charge < -0.3 is 19.7 Å². The molecule has 0 aliphatic heterocycles. The molecule has 33 heavy (non-hydrogen) atoms. The summed E-state index contributed by atoms with van der Waals surface area (Å²) in [6.45, 7) is 9.73. The van der Waals surface area contributed by atoms with Gasteiger partial charge in [-0.25, -0.2) is 9.36 Å². The molecule has 2 saturated carbocycles. The standard InChI is InChI=1S/C23H41O9P/c1-5-7-13-29-33(27,30-14-8-6-2)32-20-12-11-19(22(20)25)31-18-10-9-17(21(18)24)15-28-23(26)16(3)4/h17-22,24-25H,3,5-15H2,1-2,4H3. The Hall–Kier alpha value is -0.800. The minimum Gasteiger partial charge on any atom is -0.462 e. The van der Waals surface area contributed by atoms with Gasteiger partial charge in [-0.1, -0.05) is 33.3 Å². The fraction of sp³-hybridized carbons (Fsp3) is 0.870. The molecule has 0 amide bonds. The summed E-state index contributed by atoms with van der Waals surface area (Å²) in [6, 6.07) is 0. The first-order valence-corrected chi connectivity index (χ1v) is 13.6. The van der Waals surface area contributed by atoms with E-state index >= 15 is 0 Å². The number of rotatable bonds is 15. The van der Waals surface area contributed by atoms with E-state index < -0.39 is 44.3 Å². The van der Waals surface area contributed by atoms with Crippen molar-refractivity contribution in [3.63, 3.8) is 0 Å². The highest BCUT2D eigenvalue weighted by atomic mass is 31.2. The second-order valence-corrected chi connectivity index (χ2v) is 10.6. The maximum Gasteiger partial charge on any atom is 0.475 e. The quantitative estimate of drug-likeness (QED) is 0.152. The SMILES string of the molecule is C=C(C)C(=O)OCC1CCC(OC2CCC(OP(=O)(OCCCC)OCCCC)C2O)C1O. The molecule has 0 bridgehead atoms. The molecule has 0 radical (unpaired) electrons. The van der Waals surface area contributed by atoms with Gasteiger partial charge in [0.15, 0.2) is 0 Å². The van der Waals surface area contributed by atoms with E-state index in [1.165, 1.54) is 0 Å². The van der Waals surface area contributed by atoms with Gasteiger partial charge in [0.2, 0.25) is 0 Å².